The lowest BCUT2D eigenvalue weighted by Crippen LogP contribution is -2.42. The number of aromatic nitrogens is 3. The van der Waals surface area contributed by atoms with E-state index in [0.717, 1.165) is 31.3 Å². The summed E-state index contributed by atoms with van der Waals surface area (Å²) in [5.74, 6) is -2.39. The van der Waals surface area contributed by atoms with E-state index in [0.29, 0.717) is 27.9 Å². The molecular weight excluding hydrogens is 519 g/mol. The molecule has 0 aliphatic carbocycles. The van der Waals surface area contributed by atoms with E-state index in [1.165, 1.54) is 12.1 Å². The summed E-state index contributed by atoms with van der Waals surface area (Å²) < 4.78 is 67.5. The average Bonchev–Trinajstić information content (AvgIpc) is 3.38. The largest absolute Gasteiger partial charge is 0.413 e. The van der Waals surface area contributed by atoms with Crippen LogP contribution in [0.5, 0.6) is 0 Å². The molecule has 1 aromatic carbocycles. The lowest BCUT2D eigenvalue weighted by Gasteiger charge is -2.33. The highest BCUT2D eigenvalue weighted by atomic mass is 35.5. The van der Waals surface area contributed by atoms with Crippen molar-refractivity contribution in [1.82, 2.24) is 19.5 Å². The Morgan fingerprint density at radius 1 is 1.25 bits per heavy atom. The molecule has 0 radical (unpaired) electrons. The molecule has 0 spiro atoms. The quantitative estimate of drug-likeness (QED) is 0.497. The first-order chi connectivity index (χ1) is 16.9. The summed E-state index contributed by atoms with van der Waals surface area (Å²) in [4.78, 5) is 19.8. The zero-order valence-corrected chi connectivity index (χ0v) is 20.8. The molecule has 5 rings (SSSR count). The van der Waals surface area contributed by atoms with Gasteiger partial charge in [-0.1, -0.05) is 23.7 Å². The van der Waals surface area contributed by atoms with Gasteiger partial charge in [-0.25, -0.2) is 17.9 Å². The molecule has 1 amide bonds. The normalized spacial score (nSPS) is 20.4. The molecule has 8 nitrogen and oxygen atoms in total. The van der Waals surface area contributed by atoms with Gasteiger partial charge in [-0.3, -0.25) is 4.79 Å². The smallest absolute Gasteiger partial charge is 0.339 e. The number of hydrogen-bond donors (Lipinski definition) is 0. The number of aryl methyl sites for hydroxylation is 1. The van der Waals surface area contributed by atoms with Crippen LogP contribution in [-0.4, -0.2) is 65.1 Å². The molecule has 0 unspecified atom stereocenters. The number of hydrogen-bond acceptors (Lipinski definition) is 6. The third kappa shape index (κ3) is 4.52. The van der Waals surface area contributed by atoms with Crippen LogP contribution in [0.4, 0.5) is 24.5 Å². The van der Waals surface area contributed by atoms with Crippen LogP contribution >= 0.6 is 11.6 Å². The first-order valence-electron chi connectivity index (χ1n) is 11.4. The molecule has 1 saturated heterocycles. The number of halogens is 4. The zero-order chi connectivity index (χ0) is 25.8. The van der Waals surface area contributed by atoms with E-state index in [2.05, 4.69) is 10.1 Å². The van der Waals surface area contributed by atoms with Gasteiger partial charge in [0, 0.05) is 25.3 Å². The van der Waals surface area contributed by atoms with Crippen LogP contribution in [0.25, 0.3) is 5.65 Å². The Kier molecular flexibility index (Phi) is 6.14. The van der Waals surface area contributed by atoms with Crippen LogP contribution < -0.4 is 4.90 Å². The van der Waals surface area contributed by atoms with Gasteiger partial charge in [0.1, 0.15) is 0 Å². The summed E-state index contributed by atoms with van der Waals surface area (Å²) in [5.41, 5.74) is 2.89. The Morgan fingerprint density at radius 2 is 1.97 bits per heavy atom. The Labute approximate surface area is 210 Å². The molecule has 36 heavy (non-hydrogen) atoms. The Morgan fingerprint density at radius 3 is 2.61 bits per heavy atom. The predicted molar refractivity (Wildman–Crippen MR) is 128 cm³/mol. The molecular formula is C23H23ClF3N5O3S. The molecule has 3 aromatic rings. The monoisotopic (exact) mass is 541 g/mol. The number of alkyl halides is 3. The summed E-state index contributed by atoms with van der Waals surface area (Å²) in [6.45, 7) is 0.645. The fraction of sp³-hybridized carbons (Fsp3) is 0.435. The van der Waals surface area contributed by atoms with Crippen LogP contribution in [0.1, 0.15) is 30.1 Å². The van der Waals surface area contributed by atoms with Crippen LogP contribution in [-0.2, 0) is 21.1 Å². The van der Waals surface area contributed by atoms with Crippen molar-refractivity contribution in [1.29, 1.82) is 0 Å². The van der Waals surface area contributed by atoms with Crippen molar-refractivity contribution in [3.8, 4) is 0 Å². The van der Waals surface area contributed by atoms with Gasteiger partial charge in [0.25, 0.3) is 0 Å². The van der Waals surface area contributed by atoms with E-state index >= 15 is 0 Å². The molecule has 0 saturated carbocycles. The lowest BCUT2D eigenvalue weighted by molar-refractivity contribution is -0.190. The van der Waals surface area contributed by atoms with Crippen molar-refractivity contribution in [2.45, 2.75) is 31.5 Å². The maximum Gasteiger partial charge on any atom is 0.413 e. The molecule has 4 heterocycles. The first kappa shape index (κ1) is 24.8. The van der Waals surface area contributed by atoms with Gasteiger partial charge in [0.15, 0.2) is 26.7 Å². The second kappa shape index (κ2) is 8.91. The molecule has 192 valence electrons. The second-order valence-corrected chi connectivity index (χ2v) is 11.8. The van der Waals surface area contributed by atoms with Crippen molar-refractivity contribution in [2.75, 3.05) is 30.0 Å². The maximum atomic E-state index is 14.1. The molecule has 2 aromatic heterocycles. The summed E-state index contributed by atoms with van der Waals surface area (Å²) in [5, 5.41) is 4.61. The van der Waals surface area contributed by atoms with Gasteiger partial charge >= 0.3 is 6.18 Å². The van der Waals surface area contributed by atoms with E-state index in [1.807, 2.05) is 4.90 Å². The third-order valence-electron chi connectivity index (χ3n) is 6.76. The van der Waals surface area contributed by atoms with Crippen LogP contribution in [0.15, 0.2) is 36.5 Å². The number of carbonyl (C=O) groups is 1. The van der Waals surface area contributed by atoms with Crippen molar-refractivity contribution < 1.29 is 26.4 Å². The first-order valence-corrected chi connectivity index (χ1v) is 13.6. The molecule has 2 atom stereocenters. The standard InChI is InChI=1S/C23H23ClF3N5O3S/c1-30(22(33)15-8-10-36(34,35)13-15)21(23(25,26)27)14-4-6-16(7-5-14)31-9-2-3-17-18(31)12-28-20-11-19(24)29-32(17)20/h4-7,11-12,15,21H,2-3,8-10,13H2,1H3/t15-,21+/m1/s1. The summed E-state index contributed by atoms with van der Waals surface area (Å²) in [6.07, 6.45) is -1.45. The Hall–Kier alpha value is -2.86. The van der Waals surface area contributed by atoms with Gasteiger partial charge in [0.2, 0.25) is 5.91 Å². The number of sulfone groups is 1. The van der Waals surface area contributed by atoms with E-state index < -0.39 is 39.6 Å². The third-order valence-corrected chi connectivity index (χ3v) is 8.72. The second-order valence-electron chi connectivity index (χ2n) is 9.17. The van der Waals surface area contributed by atoms with Crippen LogP contribution in [0.2, 0.25) is 5.15 Å². The number of fused-ring (bicyclic) bond motifs is 3. The zero-order valence-electron chi connectivity index (χ0n) is 19.2. The predicted octanol–water partition coefficient (Wildman–Crippen LogP) is 3.96. The highest BCUT2D eigenvalue weighted by Gasteiger charge is 2.47. The van der Waals surface area contributed by atoms with Crippen molar-refractivity contribution in [2.24, 2.45) is 5.92 Å². The van der Waals surface area contributed by atoms with Crippen molar-refractivity contribution in [3.05, 3.63) is 52.9 Å². The maximum absolute atomic E-state index is 14.1. The SMILES string of the molecule is CN(C(=O)[C@@H]1CCS(=O)(=O)C1)[C@@H](c1ccc(N2CCCc3c2cnc2cc(Cl)nn32)cc1)C(F)(F)F. The van der Waals surface area contributed by atoms with Gasteiger partial charge < -0.3 is 9.80 Å². The summed E-state index contributed by atoms with van der Waals surface area (Å²) in [7, 11) is -2.33. The van der Waals surface area contributed by atoms with E-state index in [1.54, 1.807) is 28.9 Å². The van der Waals surface area contributed by atoms with Gasteiger partial charge in [-0.2, -0.15) is 18.3 Å². The fourth-order valence-corrected chi connectivity index (χ4v) is 6.98. The van der Waals surface area contributed by atoms with Crippen LogP contribution in [0, 0.1) is 5.92 Å². The fourth-order valence-electron chi connectivity index (χ4n) is 5.07. The molecule has 2 aliphatic rings. The van der Waals surface area contributed by atoms with E-state index in [9.17, 15) is 26.4 Å². The van der Waals surface area contributed by atoms with Gasteiger partial charge in [-0.15, -0.1) is 0 Å². The molecule has 0 bridgehead atoms. The topological polar surface area (TPSA) is 87.9 Å². The highest BCUT2D eigenvalue weighted by molar-refractivity contribution is 7.91. The number of rotatable bonds is 4. The van der Waals surface area contributed by atoms with E-state index in [-0.39, 0.29) is 17.7 Å². The lowest BCUT2D eigenvalue weighted by atomic mass is 10.0. The van der Waals surface area contributed by atoms with Gasteiger partial charge in [-0.05, 0) is 37.0 Å². The number of amides is 1. The molecule has 0 N–H and O–H groups in total. The number of anilines is 2. The Bertz CT molecular complexity index is 1430. The van der Waals surface area contributed by atoms with E-state index in [4.69, 9.17) is 11.6 Å². The van der Waals surface area contributed by atoms with Crippen molar-refractivity contribution in [3.63, 3.8) is 0 Å². The number of benzene rings is 1. The summed E-state index contributed by atoms with van der Waals surface area (Å²) in [6, 6.07) is 5.35. The minimum absolute atomic E-state index is 0.0339. The van der Waals surface area contributed by atoms with Crippen LogP contribution in [0.3, 0.4) is 0 Å². The molecule has 2 aliphatic heterocycles. The molecule has 1 fully saturated rings. The molecule has 13 heteroatoms. The number of carbonyl (C=O) groups excluding carboxylic acids is 1. The average molecular weight is 542 g/mol. The summed E-state index contributed by atoms with van der Waals surface area (Å²) >= 11 is 6.03. The van der Waals surface area contributed by atoms with Crippen molar-refractivity contribution >= 4 is 44.4 Å². The van der Waals surface area contributed by atoms with Gasteiger partial charge in [0.05, 0.1) is 35.0 Å². The minimum atomic E-state index is -4.74. The Balaban J connectivity index is 1.44. The number of nitrogens with zero attached hydrogens (tertiary/aromatic N) is 5. The minimum Gasteiger partial charge on any atom is -0.339 e. The highest BCUT2D eigenvalue weighted by Crippen LogP contribution is 2.40.